The smallest absolute Gasteiger partial charge is 0.213 e. The van der Waals surface area contributed by atoms with Crippen molar-refractivity contribution in [1.82, 2.24) is 4.90 Å². The maximum atomic E-state index is 12.5. The third-order valence-corrected chi connectivity index (χ3v) is 3.86. The van der Waals surface area contributed by atoms with E-state index in [1.54, 1.807) is 80.4 Å². The molecule has 0 spiro atoms. The lowest BCUT2D eigenvalue weighted by atomic mass is 10.4. The third kappa shape index (κ3) is 3.70. The monoisotopic (exact) mass is 267 g/mol. The average Bonchev–Trinajstić information content (AvgIpc) is 2.28. The van der Waals surface area contributed by atoms with E-state index in [2.05, 4.69) is 0 Å². The topological polar surface area (TPSA) is 40.4 Å². The van der Waals surface area contributed by atoms with Gasteiger partial charge in [0, 0.05) is 20.3 Å². The van der Waals surface area contributed by atoms with E-state index in [0.29, 0.717) is 4.90 Å². The van der Waals surface area contributed by atoms with Gasteiger partial charge in [0.25, 0.3) is 0 Å². The largest absolute Gasteiger partial charge is 0.382 e. The maximum absolute atomic E-state index is 12.5. The number of rotatable bonds is 4. The van der Waals surface area contributed by atoms with E-state index in [4.69, 9.17) is 0 Å². The van der Waals surface area contributed by atoms with Crippen LogP contribution < -0.4 is 0 Å². The molecule has 0 aliphatic heterocycles. The summed E-state index contributed by atoms with van der Waals surface area (Å²) in [5.41, 5.74) is 0. The summed E-state index contributed by atoms with van der Waals surface area (Å²) in [4.78, 5) is 2.29. The van der Waals surface area contributed by atoms with Crippen LogP contribution in [0, 0.1) is 0 Å². The van der Waals surface area contributed by atoms with Crippen LogP contribution in [0.4, 0.5) is 0 Å². The molecule has 1 aromatic rings. The fraction of sp³-hybridized carbons (Fsp3) is 0.308. The highest BCUT2D eigenvalue weighted by Gasteiger charge is 2.21. The van der Waals surface area contributed by atoms with Crippen LogP contribution >= 0.6 is 0 Å². The van der Waals surface area contributed by atoms with Gasteiger partial charge in [-0.3, -0.25) is 0 Å². The van der Waals surface area contributed by atoms with Gasteiger partial charge in [-0.15, -0.1) is 0 Å². The van der Waals surface area contributed by atoms with E-state index in [1.165, 1.54) is 0 Å². The SMILES string of the molecule is CN(C)/C=C(/C=[N+](C)C)S(=O)(=O)c1ccccc1. The van der Waals surface area contributed by atoms with Crippen LogP contribution in [0.5, 0.6) is 0 Å². The third-order valence-electron chi connectivity index (χ3n) is 2.13. The molecule has 0 bridgehead atoms. The summed E-state index contributed by atoms with van der Waals surface area (Å²) in [5.74, 6) is 0. The summed E-state index contributed by atoms with van der Waals surface area (Å²) in [6.07, 6.45) is 3.20. The molecule has 0 heterocycles. The Bertz CT molecular complexity index is 554. The standard InChI is InChI=1S/C13H19N2O2S/c1-14(2)10-13(11-15(3)4)18(16,17)12-8-6-5-7-9-12/h5-11H,1-4H3/q+1. The van der Waals surface area contributed by atoms with Crippen LogP contribution in [-0.4, -0.2) is 52.3 Å². The molecule has 0 N–H and O–H groups in total. The first-order chi connectivity index (χ1) is 8.34. The van der Waals surface area contributed by atoms with E-state index in [0.717, 1.165) is 0 Å². The second-order valence-electron chi connectivity index (χ2n) is 4.40. The lowest BCUT2D eigenvalue weighted by molar-refractivity contribution is -0.458. The second kappa shape index (κ2) is 5.82. The minimum atomic E-state index is -3.47. The van der Waals surface area contributed by atoms with Gasteiger partial charge < -0.3 is 4.90 Å². The number of sulfone groups is 1. The van der Waals surface area contributed by atoms with E-state index in [-0.39, 0.29) is 4.91 Å². The molecule has 18 heavy (non-hydrogen) atoms. The summed E-state index contributed by atoms with van der Waals surface area (Å²) >= 11 is 0. The van der Waals surface area contributed by atoms with Crippen LogP contribution in [-0.2, 0) is 9.84 Å². The van der Waals surface area contributed by atoms with Gasteiger partial charge in [0.1, 0.15) is 14.1 Å². The van der Waals surface area contributed by atoms with Crippen molar-refractivity contribution in [3.8, 4) is 0 Å². The van der Waals surface area contributed by atoms with Gasteiger partial charge in [0.15, 0.2) is 11.1 Å². The highest BCUT2D eigenvalue weighted by Crippen LogP contribution is 2.17. The highest BCUT2D eigenvalue weighted by atomic mass is 32.2. The highest BCUT2D eigenvalue weighted by molar-refractivity contribution is 7.96. The molecule has 5 heteroatoms. The molecule has 98 valence electrons. The Morgan fingerprint density at radius 2 is 1.72 bits per heavy atom. The van der Waals surface area contributed by atoms with E-state index in [1.807, 2.05) is 0 Å². The number of hydrogen-bond donors (Lipinski definition) is 0. The van der Waals surface area contributed by atoms with Crippen molar-refractivity contribution in [2.24, 2.45) is 0 Å². The zero-order chi connectivity index (χ0) is 13.8. The summed E-state index contributed by atoms with van der Waals surface area (Å²) < 4.78 is 26.6. The van der Waals surface area contributed by atoms with Crippen LogP contribution in [0.2, 0.25) is 0 Å². The molecule has 4 nitrogen and oxygen atoms in total. The molecule has 0 saturated carbocycles. The number of hydrogen-bond acceptors (Lipinski definition) is 3. The van der Waals surface area contributed by atoms with Crippen molar-refractivity contribution in [1.29, 1.82) is 0 Å². The van der Waals surface area contributed by atoms with Gasteiger partial charge in [-0.1, -0.05) is 18.2 Å². The van der Waals surface area contributed by atoms with Gasteiger partial charge >= 0.3 is 0 Å². The molecule has 1 rings (SSSR count). The fourth-order valence-electron chi connectivity index (χ4n) is 1.42. The van der Waals surface area contributed by atoms with E-state index in [9.17, 15) is 8.42 Å². The number of nitrogens with zero attached hydrogens (tertiary/aromatic N) is 2. The van der Waals surface area contributed by atoms with Crippen molar-refractivity contribution < 1.29 is 13.0 Å². The molecule has 0 aromatic heterocycles. The van der Waals surface area contributed by atoms with Crippen LogP contribution in [0.3, 0.4) is 0 Å². The summed E-state index contributed by atoms with van der Waals surface area (Å²) in [6.45, 7) is 0. The zero-order valence-electron chi connectivity index (χ0n) is 11.2. The second-order valence-corrected chi connectivity index (χ2v) is 6.35. The quantitative estimate of drug-likeness (QED) is 0.608. The lowest BCUT2D eigenvalue weighted by Gasteiger charge is -2.08. The fourth-order valence-corrected chi connectivity index (χ4v) is 2.90. The molecule has 0 saturated heterocycles. The first-order valence-electron chi connectivity index (χ1n) is 5.53. The predicted molar refractivity (Wildman–Crippen MR) is 73.6 cm³/mol. The Labute approximate surface area is 109 Å². The molecule has 0 unspecified atom stereocenters. The van der Waals surface area contributed by atoms with Gasteiger partial charge in [-0.25, -0.2) is 13.0 Å². The average molecular weight is 267 g/mol. The van der Waals surface area contributed by atoms with Crippen LogP contribution in [0.1, 0.15) is 0 Å². The van der Waals surface area contributed by atoms with Crippen molar-refractivity contribution in [2.45, 2.75) is 4.90 Å². The van der Waals surface area contributed by atoms with Crippen molar-refractivity contribution in [3.63, 3.8) is 0 Å². The molecule has 0 aliphatic rings. The van der Waals surface area contributed by atoms with Crippen LogP contribution in [0.25, 0.3) is 0 Å². The molecule has 0 aliphatic carbocycles. The predicted octanol–water partition coefficient (Wildman–Crippen LogP) is 1.21. The minimum Gasteiger partial charge on any atom is -0.382 e. The van der Waals surface area contributed by atoms with Crippen molar-refractivity contribution in [2.75, 3.05) is 28.2 Å². The van der Waals surface area contributed by atoms with Crippen LogP contribution in [0.15, 0.2) is 46.3 Å². The van der Waals surface area contributed by atoms with Gasteiger partial charge in [0.2, 0.25) is 9.84 Å². The van der Waals surface area contributed by atoms with Gasteiger partial charge in [-0.2, -0.15) is 0 Å². The maximum Gasteiger partial charge on any atom is 0.213 e. The van der Waals surface area contributed by atoms with Crippen molar-refractivity contribution >= 4 is 16.1 Å². The molecule has 0 radical (unpaired) electrons. The van der Waals surface area contributed by atoms with Gasteiger partial charge in [-0.05, 0) is 12.1 Å². The van der Waals surface area contributed by atoms with Crippen molar-refractivity contribution in [3.05, 3.63) is 41.4 Å². The summed E-state index contributed by atoms with van der Waals surface area (Å²) in [6, 6.07) is 8.43. The zero-order valence-corrected chi connectivity index (χ0v) is 12.0. The molecule has 0 fully saturated rings. The van der Waals surface area contributed by atoms with E-state index < -0.39 is 9.84 Å². The number of benzene rings is 1. The Hall–Kier alpha value is -1.62. The summed E-state index contributed by atoms with van der Waals surface area (Å²) in [7, 11) is 3.71. The molecule has 0 amide bonds. The Morgan fingerprint density at radius 1 is 1.17 bits per heavy atom. The molecular weight excluding hydrogens is 248 g/mol. The Morgan fingerprint density at radius 3 is 2.17 bits per heavy atom. The minimum absolute atomic E-state index is 0.267. The normalized spacial score (nSPS) is 12.1. The Kier molecular flexibility index (Phi) is 4.67. The molecule has 0 atom stereocenters. The Balaban J connectivity index is 3.35. The molecular formula is C13H19N2O2S+. The molecule has 1 aromatic carbocycles. The lowest BCUT2D eigenvalue weighted by Crippen LogP contribution is -2.15. The number of allylic oxidation sites excluding steroid dienone is 1. The first kappa shape index (κ1) is 14.4. The van der Waals surface area contributed by atoms with Gasteiger partial charge in [0.05, 0.1) is 4.90 Å². The summed E-state index contributed by atoms with van der Waals surface area (Å²) in [5, 5.41) is 0. The first-order valence-corrected chi connectivity index (χ1v) is 7.02. The van der Waals surface area contributed by atoms with E-state index >= 15 is 0 Å².